The molecule has 10 heavy (non-hydrogen) atoms. The van der Waals surface area contributed by atoms with Crippen molar-refractivity contribution in [2.75, 3.05) is 0 Å². The minimum Gasteiger partial charge on any atom is -0.388 e. The van der Waals surface area contributed by atoms with Crippen LogP contribution in [0.2, 0.25) is 0 Å². The molecule has 2 heteroatoms. The minimum atomic E-state index is 0.281. The van der Waals surface area contributed by atoms with Crippen LogP contribution in [0.3, 0.4) is 0 Å². The molecule has 54 valence electrons. The Hall–Kier alpha value is -0.790. The van der Waals surface area contributed by atoms with Gasteiger partial charge in [0.25, 0.3) is 0 Å². The van der Waals surface area contributed by atoms with E-state index in [-0.39, 0.29) is 6.10 Å². The molecule has 0 aromatic heterocycles. The Morgan fingerprint density at radius 3 is 3.50 bits per heavy atom. The van der Waals surface area contributed by atoms with Crippen LogP contribution in [0.15, 0.2) is 17.3 Å². The zero-order chi connectivity index (χ0) is 6.97. The Kier molecular flexibility index (Phi) is 1.26. The molecule has 1 heterocycles. The smallest absolute Gasteiger partial charge is 0.149 e. The van der Waals surface area contributed by atoms with Crippen LogP contribution in [0.5, 0.6) is 0 Å². The van der Waals surface area contributed by atoms with Crippen LogP contribution in [0.25, 0.3) is 0 Å². The summed E-state index contributed by atoms with van der Waals surface area (Å²) in [6.07, 6.45) is 6.85. The average molecular weight is 137 g/mol. The Morgan fingerprint density at radius 2 is 2.60 bits per heavy atom. The van der Waals surface area contributed by atoms with Gasteiger partial charge < -0.3 is 4.84 Å². The molecule has 0 saturated heterocycles. The molecule has 2 nitrogen and oxygen atoms in total. The van der Waals surface area contributed by atoms with Crippen molar-refractivity contribution in [1.82, 2.24) is 0 Å². The van der Waals surface area contributed by atoms with Crippen molar-refractivity contribution in [2.45, 2.75) is 25.9 Å². The number of rotatable bonds is 0. The van der Waals surface area contributed by atoms with Gasteiger partial charge in [0.1, 0.15) is 6.10 Å². The Bertz CT molecular complexity index is 195. The van der Waals surface area contributed by atoms with Crippen molar-refractivity contribution >= 4 is 5.71 Å². The molecule has 2 aliphatic rings. The molecule has 0 N–H and O–H groups in total. The molecule has 0 amide bonds. The summed E-state index contributed by atoms with van der Waals surface area (Å²) >= 11 is 0. The van der Waals surface area contributed by atoms with Crippen LogP contribution in [0, 0.1) is 5.92 Å². The Labute approximate surface area is 60.6 Å². The lowest BCUT2D eigenvalue weighted by molar-refractivity contribution is 0.0461. The SMILES string of the molecule is CC1=NO[C@H]2C=CC[C@H]2C1. The van der Waals surface area contributed by atoms with E-state index in [0.717, 1.165) is 18.6 Å². The van der Waals surface area contributed by atoms with E-state index in [0.29, 0.717) is 5.92 Å². The second-order valence-electron chi connectivity index (χ2n) is 3.02. The fourth-order valence-corrected chi connectivity index (χ4v) is 1.57. The summed E-state index contributed by atoms with van der Waals surface area (Å²) in [6.45, 7) is 2.02. The summed E-state index contributed by atoms with van der Waals surface area (Å²) < 4.78 is 0. The largest absolute Gasteiger partial charge is 0.388 e. The van der Waals surface area contributed by atoms with E-state index in [9.17, 15) is 0 Å². The summed E-state index contributed by atoms with van der Waals surface area (Å²) in [6, 6.07) is 0. The molecule has 0 spiro atoms. The molecule has 2 atom stereocenters. The molecule has 0 unspecified atom stereocenters. The van der Waals surface area contributed by atoms with Gasteiger partial charge in [-0.2, -0.15) is 0 Å². The maximum Gasteiger partial charge on any atom is 0.149 e. The van der Waals surface area contributed by atoms with Crippen LogP contribution in [0.4, 0.5) is 0 Å². The zero-order valence-corrected chi connectivity index (χ0v) is 6.08. The highest BCUT2D eigenvalue weighted by Gasteiger charge is 2.28. The first-order valence-corrected chi connectivity index (χ1v) is 3.72. The van der Waals surface area contributed by atoms with Crippen molar-refractivity contribution in [3.8, 4) is 0 Å². The third-order valence-corrected chi connectivity index (χ3v) is 2.12. The van der Waals surface area contributed by atoms with Gasteiger partial charge in [-0.25, -0.2) is 0 Å². The van der Waals surface area contributed by atoms with E-state index in [1.807, 2.05) is 6.92 Å². The van der Waals surface area contributed by atoms with Crippen LogP contribution in [0.1, 0.15) is 19.8 Å². The second-order valence-corrected chi connectivity index (χ2v) is 3.02. The van der Waals surface area contributed by atoms with Gasteiger partial charge in [-0.3, -0.25) is 0 Å². The Morgan fingerprint density at radius 1 is 1.70 bits per heavy atom. The minimum absolute atomic E-state index is 0.281. The molecule has 0 bridgehead atoms. The van der Waals surface area contributed by atoms with E-state index < -0.39 is 0 Å². The number of allylic oxidation sites excluding steroid dienone is 1. The van der Waals surface area contributed by atoms with Crippen LogP contribution >= 0.6 is 0 Å². The third-order valence-electron chi connectivity index (χ3n) is 2.12. The van der Waals surface area contributed by atoms with Crippen molar-refractivity contribution in [3.05, 3.63) is 12.2 Å². The van der Waals surface area contributed by atoms with Gasteiger partial charge in [0.15, 0.2) is 0 Å². The lowest BCUT2D eigenvalue weighted by Gasteiger charge is -2.21. The number of nitrogens with zero attached hydrogens (tertiary/aromatic N) is 1. The van der Waals surface area contributed by atoms with Crippen LogP contribution in [-0.2, 0) is 4.84 Å². The van der Waals surface area contributed by atoms with E-state index >= 15 is 0 Å². The average Bonchev–Trinajstić information content (AvgIpc) is 2.33. The predicted octanol–water partition coefficient (Wildman–Crippen LogP) is 1.73. The van der Waals surface area contributed by atoms with E-state index in [1.54, 1.807) is 0 Å². The molecule has 0 aromatic rings. The van der Waals surface area contributed by atoms with Gasteiger partial charge in [-0.1, -0.05) is 11.2 Å². The molecule has 0 fully saturated rings. The van der Waals surface area contributed by atoms with E-state index in [4.69, 9.17) is 4.84 Å². The van der Waals surface area contributed by atoms with Gasteiger partial charge in [0, 0.05) is 5.92 Å². The highest BCUT2D eigenvalue weighted by atomic mass is 16.6. The lowest BCUT2D eigenvalue weighted by Crippen LogP contribution is -2.23. The fraction of sp³-hybridized carbons (Fsp3) is 0.625. The number of hydrogen-bond donors (Lipinski definition) is 0. The van der Waals surface area contributed by atoms with E-state index in [1.165, 1.54) is 0 Å². The maximum atomic E-state index is 5.22. The molecule has 0 saturated carbocycles. The quantitative estimate of drug-likeness (QED) is 0.466. The van der Waals surface area contributed by atoms with Gasteiger partial charge >= 0.3 is 0 Å². The molecule has 0 aromatic carbocycles. The first kappa shape index (κ1) is 5.96. The van der Waals surface area contributed by atoms with Gasteiger partial charge in [0.05, 0.1) is 5.71 Å². The first-order chi connectivity index (χ1) is 4.86. The first-order valence-electron chi connectivity index (χ1n) is 3.72. The van der Waals surface area contributed by atoms with Crippen molar-refractivity contribution in [3.63, 3.8) is 0 Å². The Balaban J connectivity index is 2.13. The predicted molar refractivity (Wildman–Crippen MR) is 39.8 cm³/mol. The molecule has 1 aliphatic heterocycles. The molecule has 1 aliphatic carbocycles. The number of fused-ring (bicyclic) bond motifs is 1. The standard InChI is InChI=1S/C8H11NO/c1-6-5-7-3-2-4-8(7)10-9-6/h2,4,7-8H,3,5H2,1H3/t7-,8-/m0/s1. The lowest BCUT2D eigenvalue weighted by atomic mass is 9.97. The van der Waals surface area contributed by atoms with Gasteiger partial charge in [0.2, 0.25) is 0 Å². The van der Waals surface area contributed by atoms with E-state index in [2.05, 4.69) is 17.3 Å². The zero-order valence-electron chi connectivity index (χ0n) is 6.08. The van der Waals surface area contributed by atoms with Crippen LogP contribution < -0.4 is 0 Å². The molecular formula is C8H11NO. The monoisotopic (exact) mass is 137 g/mol. The topological polar surface area (TPSA) is 21.6 Å². The number of hydrogen-bond acceptors (Lipinski definition) is 2. The summed E-state index contributed by atoms with van der Waals surface area (Å²) in [7, 11) is 0. The highest BCUT2D eigenvalue weighted by molar-refractivity contribution is 5.82. The summed E-state index contributed by atoms with van der Waals surface area (Å²) in [4.78, 5) is 5.22. The maximum absolute atomic E-state index is 5.22. The van der Waals surface area contributed by atoms with Crippen molar-refractivity contribution in [2.24, 2.45) is 11.1 Å². The normalized spacial score (nSPS) is 36.7. The summed E-state index contributed by atoms with van der Waals surface area (Å²) in [5, 5.41) is 3.94. The summed E-state index contributed by atoms with van der Waals surface area (Å²) in [5.74, 6) is 0.678. The summed E-state index contributed by atoms with van der Waals surface area (Å²) in [5.41, 5.74) is 1.13. The van der Waals surface area contributed by atoms with Crippen molar-refractivity contribution < 1.29 is 4.84 Å². The van der Waals surface area contributed by atoms with Crippen LogP contribution in [-0.4, -0.2) is 11.8 Å². The van der Waals surface area contributed by atoms with Crippen molar-refractivity contribution in [1.29, 1.82) is 0 Å². The molecule has 0 radical (unpaired) electrons. The number of oxime groups is 1. The highest BCUT2D eigenvalue weighted by Crippen LogP contribution is 2.28. The fourth-order valence-electron chi connectivity index (χ4n) is 1.57. The third kappa shape index (κ3) is 0.838. The van der Waals surface area contributed by atoms with Gasteiger partial charge in [-0.05, 0) is 25.8 Å². The molecular weight excluding hydrogens is 126 g/mol. The van der Waals surface area contributed by atoms with Gasteiger partial charge in [-0.15, -0.1) is 0 Å². The second kappa shape index (κ2) is 2.11. The molecule has 2 rings (SSSR count).